The normalized spacial score (nSPS) is 12.3. The molecule has 31 heavy (non-hydrogen) atoms. The van der Waals surface area contributed by atoms with E-state index in [1.807, 2.05) is 12.1 Å². The average Bonchev–Trinajstić information content (AvgIpc) is 3.23. The minimum absolute atomic E-state index is 0. The minimum atomic E-state index is 0. The number of guanidine groups is 1. The second-order valence-corrected chi connectivity index (χ2v) is 7.13. The van der Waals surface area contributed by atoms with Crippen molar-refractivity contribution in [3.63, 3.8) is 0 Å². The number of hydrogen-bond acceptors (Lipinski definition) is 4. The summed E-state index contributed by atoms with van der Waals surface area (Å²) >= 11 is 0. The molecule has 7 heteroatoms. The molecule has 1 heterocycles. The SMILES string of the molecule is C=CCc1cc(CNC(=NC)NCCc2ccc3c(c2)CCO3)cc(OC)c1OC.I. The summed E-state index contributed by atoms with van der Waals surface area (Å²) in [4.78, 5) is 4.33. The van der Waals surface area contributed by atoms with Gasteiger partial charge in [-0.15, -0.1) is 30.6 Å². The number of aliphatic imine (C=N–C) groups is 1. The van der Waals surface area contributed by atoms with Gasteiger partial charge < -0.3 is 24.8 Å². The van der Waals surface area contributed by atoms with Crippen molar-refractivity contribution in [2.24, 2.45) is 4.99 Å². The van der Waals surface area contributed by atoms with Crippen LogP contribution in [0, 0.1) is 0 Å². The Bertz CT molecular complexity index is 915. The van der Waals surface area contributed by atoms with Gasteiger partial charge in [0.05, 0.1) is 20.8 Å². The fraction of sp³-hybridized carbons (Fsp3) is 0.375. The number of nitrogens with one attached hydrogen (secondary N) is 2. The molecule has 0 radical (unpaired) electrons. The van der Waals surface area contributed by atoms with Crippen molar-refractivity contribution in [1.82, 2.24) is 10.6 Å². The summed E-state index contributed by atoms with van der Waals surface area (Å²) in [5.41, 5.74) is 4.74. The van der Waals surface area contributed by atoms with Crippen LogP contribution in [0.25, 0.3) is 0 Å². The van der Waals surface area contributed by atoms with Crippen LogP contribution in [0.5, 0.6) is 17.2 Å². The zero-order valence-corrected chi connectivity index (χ0v) is 20.8. The molecule has 0 spiro atoms. The average molecular weight is 537 g/mol. The van der Waals surface area contributed by atoms with E-state index in [9.17, 15) is 0 Å². The minimum Gasteiger partial charge on any atom is -0.493 e. The van der Waals surface area contributed by atoms with Crippen LogP contribution in [0.4, 0.5) is 0 Å². The predicted molar refractivity (Wildman–Crippen MR) is 136 cm³/mol. The van der Waals surface area contributed by atoms with Gasteiger partial charge in [0.25, 0.3) is 0 Å². The molecule has 0 aliphatic carbocycles. The number of rotatable bonds is 9. The molecule has 0 aromatic heterocycles. The lowest BCUT2D eigenvalue weighted by Gasteiger charge is -2.16. The first-order valence-corrected chi connectivity index (χ1v) is 10.2. The number of hydrogen-bond donors (Lipinski definition) is 2. The van der Waals surface area contributed by atoms with E-state index in [1.54, 1.807) is 21.3 Å². The highest BCUT2D eigenvalue weighted by Crippen LogP contribution is 2.33. The maximum Gasteiger partial charge on any atom is 0.191 e. The number of methoxy groups -OCH3 is 2. The van der Waals surface area contributed by atoms with Crippen molar-refractivity contribution < 1.29 is 14.2 Å². The molecular weight excluding hydrogens is 505 g/mol. The first kappa shape index (κ1) is 24.8. The molecule has 1 aliphatic heterocycles. The molecule has 6 nitrogen and oxygen atoms in total. The number of allylic oxidation sites excluding steroid dienone is 1. The van der Waals surface area contributed by atoms with E-state index in [0.717, 1.165) is 60.3 Å². The van der Waals surface area contributed by atoms with Crippen molar-refractivity contribution >= 4 is 29.9 Å². The second kappa shape index (κ2) is 12.4. The van der Waals surface area contributed by atoms with Crippen LogP contribution in [0.3, 0.4) is 0 Å². The van der Waals surface area contributed by atoms with Crippen LogP contribution in [-0.4, -0.2) is 40.4 Å². The van der Waals surface area contributed by atoms with Gasteiger partial charge in [-0.3, -0.25) is 4.99 Å². The first-order valence-electron chi connectivity index (χ1n) is 10.2. The molecule has 2 aromatic carbocycles. The summed E-state index contributed by atoms with van der Waals surface area (Å²) in [6, 6.07) is 10.5. The van der Waals surface area contributed by atoms with Gasteiger partial charge in [0.15, 0.2) is 17.5 Å². The third-order valence-corrected chi connectivity index (χ3v) is 5.12. The highest BCUT2D eigenvalue weighted by Gasteiger charge is 2.13. The molecule has 0 saturated carbocycles. The van der Waals surface area contributed by atoms with E-state index >= 15 is 0 Å². The third-order valence-electron chi connectivity index (χ3n) is 5.12. The predicted octanol–water partition coefficient (Wildman–Crippen LogP) is 3.89. The maximum absolute atomic E-state index is 5.58. The summed E-state index contributed by atoms with van der Waals surface area (Å²) in [7, 11) is 5.08. The molecule has 0 bridgehead atoms. The summed E-state index contributed by atoms with van der Waals surface area (Å²) in [6.45, 7) is 6.05. The highest BCUT2D eigenvalue weighted by atomic mass is 127. The summed E-state index contributed by atoms with van der Waals surface area (Å²) < 4.78 is 16.6. The molecule has 1 aliphatic rings. The number of fused-ring (bicyclic) bond motifs is 1. The number of benzene rings is 2. The third kappa shape index (κ3) is 6.53. The maximum atomic E-state index is 5.58. The van der Waals surface area contributed by atoms with E-state index in [0.29, 0.717) is 13.0 Å². The lowest BCUT2D eigenvalue weighted by molar-refractivity contribution is 0.352. The fourth-order valence-corrected chi connectivity index (χ4v) is 3.64. The topological polar surface area (TPSA) is 64.1 Å². The second-order valence-electron chi connectivity index (χ2n) is 7.13. The Hall–Kier alpha value is -2.42. The molecule has 0 unspecified atom stereocenters. The monoisotopic (exact) mass is 537 g/mol. The zero-order valence-electron chi connectivity index (χ0n) is 18.5. The van der Waals surface area contributed by atoms with Gasteiger partial charge >= 0.3 is 0 Å². The van der Waals surface area contributed by atoms with Crippen molar-refractivity contribution in [3.05, 3.63) is 65.2 Å². The van der Waals surface area contributed by atoms with Crippen LogP contribution in [0.1, 0.15) is 22.3 Å². The molecule has 168 valence electrons. The number of ether oxygens (including phenoxy) is 3. The van der Waals surface area contributed by atoms with Gasteiger partial charge in [0.2, 0.25) is 0 Å². The van der Waals surface area contributed by atoms with Gasteiger partial charge in [-0.05, 0) is 47.7 Å². The number of nitrogens with zero attached hydrogens (tertiary/aromatic N) is 1. The molecule has 0 saturated heterocycles. The Balaban J connectivity index is 0.00000341. The summed E-state index contributed by atoms with van der Waals surface area (Å²) in [6.07, 6.45) is 4.50. The van der Waals surface area contributed by atoms with Gasteiger partial charge in [0.1, 0.15) is 5.75 Å². The Morgan fingerprint density at radius 3 is 2.71 bits per heavy atom. The largest absolute Gasteiger partial charge is 0.493 e. The van der Waals surface area contributed by atoms with E-state index in [-0.39, 0.29) is 24.0 Å². The zero-order chi connectivity index (χ0) is 21.3. The van der Waals surface area contributed by atoms with Crippen molar-refractivity contribution in [2.45, 2.75) is 25.8 Å². The van der Waals surface area contributed by atoms with Gasteiger partial charge in [0, 0.05) is 32.1 Å². The number of halogens is 1. The van der Waals surface area contributed by atoms with Gasteiger partial charge in [-0.25, -0.2) is 0 Å². The van der Waals surface area contributed by atoms with Crippen LogP contribution in [-0.2, 0) is 25.8 Å². The first-order chi connectivity index (χ1) is 14.7. The van der Waals surface area contributed by atoms with Crippen molar-refractivity contribution in [2.75, 3.05) is 34.4 Å². The van der Waals surface area contributed by atoms with Crippen LogP contribution >= 0.6 is 24.0 Å². The summed E-state index contributed by atoms with van der Waals surface area (Å²) in [5.74, 6) is 3.26. The molecule has 0 atom stereocenters. The Morgan fingerprint density at radius 1 is 1.16 bits per heavy atom. The standard InChI is InChI=1S/C24H31N3O3.HI/c1-5-6-20-14-18(15-22(28-3)23(20)29-4)16-27-24(25-2)26-11-9-17-7-8-21-19(13-17)10-12-30-21;/h5,7-8,13-15H,1,6,9-12,16H2,2-4H3,(H2,25,26,27);1H. The molecule has 0 fully saturated rings. The molecule has 2 N–H and O–H groups in total. The van der Waals surface area contributed by atoms with Gasteiger partial charge in [-0.1, -0.05) is 18.2 Å². The molecular formula is C24H32IN3O3. The lowest BCUT2D eigenvalue weighted by atomic mass is 10.1. The Morgan fingerprint density at radius 2 is 2.00 bits per heavy atom. The van der Waals surface area contributed by atoms with Gasteiger partial charge in [-0.2, -0.15) is 0 Å². The fourth-order valence-electron chi connectivity index (χ4n) is 3.64. The van der Waals surface area contributed by atoms with Crippen molar-refractivity contribution in [3.8, 4) is 17.2 Å². The highest BCUT2D eigenvalue weighted by molar-refractivity contribution is 14.0. The van der Waals surface area contributed by atoms with E-state index < -0.39 is 0 Å². The van der Waals surface area contributed by atoms with E-state index in [2.05, 4.69) is 46.5 Å². The molecule has 0 amide bonds. The van der Waals surface area contributed by atoms with Crippen LogP contribution in [0.15, 0.2) is 48.0 Å². The summed E-state index contributed by atoms with van der Waals surface area (Å²) in [5, 5.41) is 6.75. The molecule has 2 aromatic rings. The van der Waals surface area contributed by atoms with Crippen LogP contribution < -0.4 is 24.8 Å². The Kier molecular flexibility index (Phi) is 9.97. The van der Waals surface area contributed by atoms with E-state index in [1.165, 1.54) is 11.1 Å². The van der Waals surface area contributed by atoms with Crippen molar-refractivity contribution in [1.29, 1.82) is 0 Å². The smallest absolute Gasteiger partial charge is 0.191 e. The lowest BCUT2D eigenvalue weighted by Crippen LogP contribution is -2.37. The van der Waals surface area contributed by atoms with E-state index in [4.69, 9.17) is 14.2 Å². The quantitative estimate of drug-likeness (QED) is 0.220. The Labute approximate surface area is 202 Å². The van der Waals surface area contributed by atoms with Crippen LogP contribution in [0.2, 0.25) is 0 Å². The molecule has 3 rings (SSSR count).